The molecule has 1 aromatic carbocycles. The van der Waals surface area contributed by atoms with E-state index in [1.165, 1.54) is 31.6 Å². The molecule has 4 nitrogen and oxygen atoms in total. The zero-order chi connectivity index (χ0) is 15.4. The number of carbonyl (C=O) groups is 2. The molecule has 0 atom stereocenters. The number of halogens is 2. The number of hydrogen-bond acceptors (Lipinski definition) is 4. The van der Waals surface area contributed by atoms with Gasteiger partial charge in [0.25, 0.3) is 0 Å². The number of benzene rings is 1. The SMILES string of the molecule is COC(=O)c1occc1C=CC(=O)c1ccc(F)c(F)c1. The molecule has 0 radical (unpaired) electrons. The first-order valence-corrected chi connectivity index (χ1v) is 5.86. The Hall–Kier alpha value is -2.76. The van der Waals surface area contributed by atoms with Gasteiger partial charge in [-0.15, -0.1) is 0 Å². The predicted molar refractivity (Wildman–Crippen MR) is 69.8 cm³/mol. The molecule has 0 aliphatic carbocycles. The van der Waals surface area contributed by atoms with Crippen LogP contribution in [0.4, 0.5) is 8.78 Å². The second-order valence-corrected chi connectivity index (χ2v) is 4.02. The molecule has 1 heterocycles. The summed E-state index contributed by atoms with van der Waals surface area (Å²) >= 11 is 0. The first kappa shape index (κ1) is 14.6. The third-order valence-corrected chi connectivity index (χ3v) is 2.68. The van der Waals surface area contributed by atoms with Crippen LogP contribution in [-0.4, -0.2) is 18.9 Å². The lowest BCUT2D eigenvalue weighted by molar-refractivity contribution is 0.0564. The number of carbonyl (C=O) groups excluding carboxylic acids is 2. The number of ketones is 1. The summed E-state index contributed by atoms with van der Waals surface area (Å²) in [7, 11) is 1.20. The van der Waals surface area contributed by atoms with Gasteiger partial charge in [-0.3, -0.25) is 4.79 Å². The van der Waals surface area contributed by atoms with Crippen LogP contribution in [0.5, 0.6) is 0 Å². The van der Waals surface area contributed by atoms with Crippen molar-refractivity contribution in [3.05, 3.63) is 65.1 Å². The molecular formula is C15H10F2O4. The van der Waals surface area contributed by atoms with Gasteiger partial charge in [-0.05, 0) is 36.4 Å². The molecule has 2 aromatic rings. The zero-order valence-electron chi connectivity index (χ0n) is 10.9. The number of allylic oxidation sites excluding steroid dienone is 1. The lowest BCUT2D eigenvalue weighted by Gasteiger charge is -1.98. The lowest BCUT2D eigenvalue weighted by atomic mass is 10.1. The normalized spacial score (nSPS) is 10.8. The van der Waals surface area contributed by atoms with E-state index in [1.807, 2.05) is 0 Å². The first-order valence-electron chi connectivity index (χ1n) is 5.86. The van der Waals surface area contributed by atoms with E-state index in [4.69, 9.17) is 4.42 Å². The third-order valence-electron chi connectivity index (χ3n) is 2.68. The molecule has 108 valence electrons. The Bertz CT molecular complexity index is 716. The van der Waals surface area contributed by atoms with Gasteiger partial charge in [-0.1, -0.05) is 0 Å². The Morgan fingerprint density at radius 1 is 1.19 bits per heavy atom. The first-order chi connectivity index (χ1) is 10.0. The van der Waals surface area contributed by atoms with Gasteiger partial charge in [0.1, 0.15) is 0 Å². The Morgan fingerprint density at radius 2 is 1.95 bits per heavy atom. The fraction of sp³-hybridized carbons (Fsp3) is 0.0667. The number of methoxy groups -OCH3 is 1. The molecule has 0 saturated heterocycles. The maximum atomic E-state index is 13.0. The van der Waals surface area contributed by atoms with Crippen LogP contribution in [0.1, 0.15) is 26.5 Å². The Morgan fingerprint density at radius 3 is 2.62 bits per heavy atom. The summed E-state index contributed by atoms with van der Waals surface area (Å²) in [5.74, 6) is -3.40. The van der Waals surface area contributed by atoms with Gasteiger partial charge in [-0.2, -0.15) is 0 Å². The lowest BCUT2D eigenvalue weighted by Crippen LogP contribution is -2.01. The monoisotopic (exact) mass is 292 g/mol. The Labute approximate surface area is 118 Å². The van der Waals surface area contributed by atoms with E-state index >= 15 is 0 Å². The molecule has 0 fully saturated rings. The van der Waals surface area contributed by atoms with E-state index in [9.17, 15) is 18.4 Å². The van der Waals surface area contributed by atoms with Crippen LogP contribution >= 0.6 is 0 Å². The van der Waals surface area contributed by atoms with Crippen LogP contribution in [0.15, 0.2) is 41.0 Å². The molecular weight excluding hydrogens is 282 g/mol. The van der Waals surface area contributed by atoms with Crippen molar-refractivity contribution in [3.8, 4) is 0 Å². The highest BCUT2D eigenvalue weighted by Gasteiger charge is 2.14. The molecule has 0 spiro atoms. The van der Waals surface area contributed by atoms with Gasteiger partial charge in [-0.25, -0.2) is 13.6 Å². The largest absolute Gasteiger partial charge is 0.463 e. The molecule has 6 heteroatoms. The molecule has 0 aliphatic rings. The minimum atomic E-state index is -1.10. The molecule has 0 amide bonds. The van der Waals surface area contributed by atoms with E-state index in [0.29, 0.717) is 5.56 Å². The highest BCUT2D eigenvalue weighted by atomic mass is 19.2. The summed E-state index contributed by atoms with van der Waals surface area (Å²) in [6, 6.07) is 4.32. The van der Waals surface area contributed by atoms with Crippen molar-refractivity contribution in [1.29, 1.82) is 0 Å². The fourth-order valence-electron chi connectivity index (χ4n) is 1.62. The molecule has 21 heavy (non-hydrogen) atoms. The molecule has 0 N–H and O–H groups in total. The van der Waals surface area contributed by atoms with Crippen molar-refractivity contribution < 1.29 is 27.5 Å². The van der Waals surface area contributed by atoms with Crippen molar-refractivity contribution in [2.24, 2.45) is 0 Å². The Kier molecular flexibility index (Phi) is 4.27. The van der Waals surface area contributed by atoms with Crippen molar-refractivity contribution in [1.82, 2.24) is 0 Å². The van der Waals surface area contributed by atoms with Crippen molar-refractivity contribution in [2.45, 2.75) is 0 Å². The smallest absolute Gasteiger partial charge is 0.374 e. The van der Waals surface area contributed by atoms with Crippen LogP contribution in [0.25, 0.3) is 6.08 Å². The van der Waals surface area contributed by atoms with Crippen molar-refractivity contribution >= 4 is 17.8 Å². The summed E-state index contributed by atoms with van der Waals surface area (Å²) in [4.78, 5) is 23.2. The van der Waals surface area contributed by atoms with E-state index in [0.717, 1.165) is 18.2 Å². The van der Waals surface area contributed by atoms with E-state index in [2.05, 4.69) is 4.74 Å². The summed E-state index contributed by atoms with van der Waals surface area (Å²) in [5, 5.41) is 0. The van der Waals surface area contributed by atoms with Gasteiger partial charge in [0.2, 0.25) is 5.76 Å². The number of furan rings is 1. The number of esters is 1. The van der Waals surface area contributed by atoms with E-state index < -0.39 is 23.4 Å². The Balaban J connectivity index is 2.21. The van der Waals surface area contributed by atoms with Crippen LogP contribution in [0.2, 0.25) is 0 Å². The second kappa shape index (κ2) is 6.13. The number of rotatable bonds is 4. The van der Waals surface area contributed by atoms with Crippen LogP contribution in [0.3, 0.4) is 0 Å². The standard InChI is InChI=1S/C15H10F2O4/c1-20-15(19)14-9(6-7-21-14)3-5-13(18)10-2-4-11(16)12(17)8-10/h2-8H,1H3. The summed E-state index contributed by atoms with van der Waals surface area (Å²) in [6.07, 6.45) is 3.73. The van der Waals surface area contributed by atoms with Gasteiger partial charge < -0.3 is 9.15 Å². The maximum absolute atomic E-state index is 13.0. The van der Waals surface area contributed by atoms with Crippen LogP contribution < -0.4 is 0 Å². The molecule has 1 aromatic heterocycles. The highest BCUT2D eigenvalue weighted by Crippen LogP contribution is 2.15. The predicted octanol–water partition coefficient (Wildman–Crippen LogP) is 3.24. The summed E-state index contributed by atoms with van der Waals surface area (Å²) in [6.45, 7) is 0. The number of hydrogen-bond donors (Lipinski definition) is 0. The van der Waals surface area contributed by atoms with Crippen molar-refractivity contribution in [3.63, 3.8) is 0 Å². The summed E-state index contributed by atoms with van der Waals surface area (Å²) in [5.41, 5.74) is 0.339. The molecule has 0 saturated carbocycles. The zero-order valence-corrected chi connectivity index (χ0v) is 10.9. The summed E-state index contributed by atoms with van der Waals surface area (Å²) < 4.78 is 35.3. The van der Waals surface area contributed by atoms with Crippen LogP contribution in [-0.2, 0) is 4.74 Å². The second-order valence-electron chi connectivity index (χ2n) is 4.02. The number of ether oxygens (including phenoxy) is 1. The molecule has 0 bridgehead atoms. The van der Waals surface area contributed by atoms with E-state index in [-0.39, 0.29) is 11.3 Å². The van der Waals surface area contributed by atoms with Crippen molar-refractivity contribution in [2.75, 3.05) is 7.11 Å². The quantitative estimate of drug-likeness (QED) is 0.493. The fourth-order valence-corrected chi connectivity index (χ4v) is 1.62. The minimum absolute atomic E-state index is 0.00624. The van der Waals surface area contributed by atoms with E-state index in [1.54, 1.807) is 0 Å². The minimum Gasteiger partial charge on any atom is -0.463 e. The van der Waals surface area contributed by atoms with Gasteiger partial charge in [0.15, 0.2) is 17.4 Å². The van der Waals surface area contributed by atoms with Crippen LogP contribution in [0, 0.1) is 11.6 Å². The third kappa shape index (κ3) is 3.22. The topological polar surface area (TPSA) is 56.5 Å². The van der Waals surface area contributed by atoms with Gasteiger partial charge >= 0.3 is 5.97 Å². The molecule has 2 rings (SSSR count). The average Bonchev–Trinajstić information content (AvgIpc) is 2.95. The van der Waals surface area contributed by atoms with Gasteiger partial charge in [0.05, 0.1) is 13.4 Å². The molecule has 0 aliphatic heterocycles. The van der Waals surface area contributed by atoms with Gasteiger partial charge in [0, 0.05) is 11.1 Å². The molecule has 0 unspecified atom stereocenters. The average molecular weight is 292 g/mol. The maximum Gasteiger partial charge on any atom is 0.374 e. The highest BCUT2D eigenvalue weighted by molar-refractivity contribution is 6.07.